The number of benzene rings is 1. The van der Waals surface area contributed by atoms with Crippen LogP contribution in [0.2, 0.25) is 0 Å². The van der Waals surface area contributed by atoms with E-state index >= 15 is 0 Å². The number of hydrogen-bond donors (Lipinski definition) is 1. The quantitative estimate of drug-likeness (QED) is 0.877. The van der Waals surface area contributed by atoms with Crippen LogP contribution in [0.3, 0.4) is 0 Å². The smallest absolute Gasteiger partial charge is 0.387 e. The fraction of sp³-hybridized carbons (Fsp3) is 0.467. The average molecular weight is 362 g/mol. The number of hydrogen-bond acceptors (Lipinski definition) is 6. The van der Waals surface area contributed by atoms with Crippen LogP contribution in [0.4, 0.5) is 8.78 Å². The molecule has 1 saturated carbocycles. The molecule has 1 aliphatic carbocycles. The second-order valence-corrected chi connectivity index (χ2v) is 5.53. The van der Waals surface area contributed by atoms with Crippen molar-refractivity contribution in [2.45, 2.75) is 37.8 Å². The van der Waals surface area contributed by atoms with Crippen molar-refractivity contribution in [3.63, 3.8) is 0 Å². The number of ether oxygens (including phenoxy) is 2. The van der Waals surface area contributed by atoms with Gasteiger partial charge in [0.1, 0.15) is 0 Å². The fourth-order valence-corrected chi connectivity index (χ4v) is 2.77. The fourth-order valence-electron chi connectivity index (χ4n) is 2.77. The standard InChI is InChI=1S/C15H17F2N3O3.ClH/c1-21-11-8-9(4-5-10(11)22-14(16)17)12-19-13(20-23-12)15(18)6-2-3-7-15;/h4-5,8,14H,2-3,6-7,18H2,1H3;1H. The van der Waals surface area contributed by atoms with Crippen LogP contribution in [0.15, 0.2) is 22.7 Å². The molecule has 1 aromatic heterocycles. The summed E-state index contributed by atoms with van der Waals surface area (Å²) in [6.07, 6.45) is 3.70. The van der Waals surface area contributed by atoms with Crippen LogP contribution in [-0.4, -0.2) is 23.9 Å². The molecule has 0 amide bonds. The van der Waals surface area contributed by atoms with E-state index in [0.29, 0.717) is 11.4 Å². The van der Waals surface area contributed by atoms with Crippen LogP contribution in [-0.2, 0) is 5.54 Å². The second kappa shape index (κ2) is 7.31. The molecule has 2 N–H and O–H groups in total. The molecule has 132 valence electrons. The molecule has 2 aromatic rings. The molecule has 24 heavy (non-hydrogen) atoms. The largest absolute Gasteiger partial charge is 0.493 e. The molecule has 0 unspecified atom stereocenters. The van der Waals surface area contributed by atoms with Gasteiger partial charge in [-0.3, -0.25) is 0 Å². The molecular weight excluding hydrogens is 344 g/mol. The van der Waals surface area contributed by atoms with Gasteiger partial charge in [-0.05, 0) is 31.0 Å². The minimum absolute atomic E-state index is 0. The Morgan fingerprint density at radius 3 is 2.58 bits per heavy atom. The van der Waals surface area contributed by atoms with Crippen molar-refractivity contribution in [3.8, 4) is 23.0 Å². The summed E-state index contributed by atoms with van der Waals surface area (Å²) in [5.41, 5.74) is 6.29. The molecule has 9 heteroatoms. The Hall–Kier alpha value is -1.93. The Balaban J connectivity index is 0.00000208. The lowest BCUT2D eigenvalue weighted by molar-refractivity contribution is -0.0512. The van der Waals surface area contributed by atoms with Gasteiger partial charge in [-0.2, -0.15) is 13.8 Å². The van der Waals surface area contributed by atoms with Gasteiger partial charge in [0.15, 0.2) is 17.3 Å². The zero-order valence-electron chi connectivity index (χ0n) is 13.0. The van der Waals surface area contributed by atoms with E-state index in [2.05, 4.69) is 14.9 Å². The highest BCUT2D eigenvalue weighted by atomic mass is 35.5. The summed E-state index contributed by atoms with van der Waals surface area (Å²) in [5.74, 6) is 0.832. The Morgan fingerprint density at radius 1 is 1.25 bits per heavy atom. The van der Waals surface area contributed by atoms with E-state index in [0.717, 1.165) is 25.7 Å². The van der Waals surface area contributed by atoms with Crippen LogP contribution in [0.1, 0.15) is 31.5 Å². The number of halogens is 3. The van der Waals surface area contributed by atoms with Gasteiger partial charge in [0.2, 0.25) is 0 Å². The maximum atomic E-state index is 12.3. The third-order valence-electron chi connectivity index (χ3n) is 3.99. The molecule has 0 bridgehead atoms. The summed E-state index contributed by atoms with van der Waals surface area (Å²) in [6.45, 7) is -2.93. The van der Waals surface area contributed by atoms with E-state index < -0.39 is 12.2 Å². The summed E-state index contributed by atoms with van der Waals surface area (Å²) in [5, 5.41) is 3.97. The van der Waals surface area contributed by atoms with Gasteiger partial charge >= 0.3 is 6.61 Å². The van der Waals surface area contributed by atoms with Gasteiger partial charge < -0.3 is 19.7 Å². The van der Waals surface area contributed by atoms with Crippen molar-refractivity contribution >= 4 is 12.4 Å². The molecule has 0 atom stereocenters. The van der Waals surface area contributed by atoms with Crippen LogP contribution in [0.5, 0.6) is 11.5 Å². The highest BCUT2D eigenvalue weighted by Crippen LogP contribution is 2.37. The van der Waals surface area contributed by atoms with Crippen LogP contribution >= 0.6 is 12.4 Å². The maximum Gasteiger partial charge on any atom is 0.387 e. The summed E-state index contributed by atoms with van der Waals surface area (Å²) >= 11 is 0. The molecule has 0 aliphatic heterocycles. The zero-order valence-corrected chi connectivity index (χ0v) is 13.8. The van der Waals surface area contributed by atoms with Crippen LogP contribution in [0, 0.1) is 0 Å². The highest BCUT2D eigenvalue weighted by molar-refractivity contribution is 5.85. The van der Waals surface area contributed by atoms with E-state index in [4.69, 9.17) is 15.0 Å². The van der Waals surface area contributed by atoms with Gasteiger partial charge in [-0.1, -0.05) is 18.0 Å². The van der Waals surface area contributed by atoms with E-state index in [1.54, 1.807) is 6.07 Å². The topological polar surface area (TPSA) is 83.4 Å². The van der Waals surface area contributed by atoms with Gasteiger partial charge in [-0.25, -0.2) is 0 Å². The summed E-state index contributed by atoms with van der Waals surface area (Å²) < 4.78 is 39.4. The van der Waals surface area contributed by atoms with Crippen molar-refractivity contribution in [1.82, 2.24) is 10.1 Å². The lowest BCUT2D eigenvalue weighted by Gasteiger charge is -2.17. The molecule has 1 aliphatic rings. The van der Waals surface area contributed by atoms with Crippen molar-refractivity contribution in [3.05, 3.63) is 24.0 Å². The van der Waals surface area contributed by atoms with Gasteiger partial charge in [0, 0.05) is 5.56 Å². The molecule has 3 rings (SSSR count). The molecule has 0 spiro atoms. The lowest BCUT2D eigenvalue weighted by atomic mass is 9.99. The first kappa shape index (κ1) is 18.4. The zero-order chi connectivity index (χ0) is 16.4. The van der Waals surface area contributed by atoms with E-state index in [9.17, 15) is 8.78 Å². The Morgan fingerprint density at radius 2 is 1.96 bits per heavy atom. The second-order valence-electron chi connectivity index (χ2n) is 5.53. The van der Waals surface area contributed by atoms with Crippen LogP contribution in [0.25, 0.3) is 11.5 Å². The first-order valence-electron chi connectivity index (χ1n) is 7.28. The van der Waals surface area contributed by atoms with Gasteiger partial charge in [0.05, 0.1) is 12.6 Å². The number of nitrogens with zero attached hydrogens (tertiary/aromatic N) is 2. The first-order valence-corrected chi connectivity index (χ1v) is 7.28. The predicted molar refractivity (Wildman–Crippen MR) is 84.5 cm³/mol. The number of nitrogens with two attached hydrogens (primary N) is 1. The number of rotatable bonds is 5. The minimum Gasteiger partial charge on any atom is -0.493 e. The third-order valence-corrected chi connectivity index (χ3v) is 3.99. The van der Waals surface area contributed by atoms with E-state index in [1.807, 2.05) is 0 Å². The van der Waals surface area contributed by atoms with Gasteiger partial charge in [0.25, 0.3) is 5.89 Å². The maximum absolute atomic E-state index is 12.3. The van der Waals surface area contributed by atoms with Crippen LogP contribution < -0.4 is 15.2 Å². The molecule has 0 radical (unpaired) electrons. The normalized spacial score (nSPS) is 16.0. The summed E-state index contributed by atoms with van der Waals surface area (Å²) in [4.78, 5) is 4.35. The minimum atomic E-state index is -2.93. The summed E-state index contributed by atoms with van der Waals surface area (Å²) in [6, 6.07) is 4.43. The monoisotopic (exact) mass is 361 g/mol. The summed E-state index contributed by atoms with van der Waals surface area (Å²) in [7, 11) is 1.37. The van der Waals surface area contributed by atoms with Crippen molar-refractivity contribution in [2.75, 3.05) is 7.11 Å². The molecule has 0 saturated heterocycles. The SMILES string of the molecule is COc1cc(-c2nc(C3(N)CCCC3)no2)ccc1OC(F)F.Cl. The molecule has 6 nitrogen and oxygen atoms in total. The van der Waals surface area contributed by atoms with Crippen molar-refractivity contribution in [1.29, 1.82) is 0 Å². The number of alkyl halides is 2. The third kappa shape index (κ3) is 3.59. The predicted octanol–water partition coefficient (Wildman–Crippen LogP) is 3.50. The molecule has 1 aromatic carbocycles. The Kier molecular flexibility index (Phi) is 5.61. The highest BCUT2D eigenvalue weighted by Gasteiger charge is 2.36. The Bertz CT molecular complexity index is 690. The van der Waals surface area contributed by atoms with E-state index in [-0.39, 0.29) is 29.8 Å². The lowest BCUT2D eigenvalue weighted by Crippen LogP contribution is -2.34. The van der Waals surface area contributed by atoms with Crippen molar-refractivity contribution < 1.29 is 22.8 Å². The molecule has 1 heterocycles. The van der Waals surface area contributed by atoms with E-state index in [1.165, 1.54) is 19.2 Å². The number of methoxy groups -OCH3 is 1. The molecule has 1 fully saturated rings. The van der Waals surface area contributed by atoms with Gasteiger partial charge in [-0.15, -0.1) is 12.4 Å². The van der Waals surface area contributed by atoms with Crippen molar-refractivity contribution in [2.24, 2.45) is 5.73 Å². The Labute approximate surface area is 143 Å². The number of aromatic nitrogens is 2. The first-order chi connectivity index (χ1) is 11.0. The molecular formula is C15H18ClF2N3O3. The average Bonchev–Trinajstić information content (AvgIpc) is 3.17.